The van der Waals surface area contributed by atoms with Gasteiger partial charge in [-0.3, -0.25) is 14.6 Å². The van der Waals surface area contributed by atoms with E-state index in [0.29, 0.717) is 6.42 Å². The van der Waals surface area contributed by atoms with Crippen LogP contribution in [0.3, 0.4) is 0 Å². The highest BCUT2D eigenvalue weighted by atomic mass is 16.2. The van der Waals surface area contributed by atoms with Gasteiger partial charge in [-0.2, -0.15) is 0 Å². The summed E-state index contributed by atoms with van der Waals surface area (Å²) in [5.74, 6) is 1.82. The van der Waals surface area contributed by atoms with Gasteiger partial charge in [0.1, 0.15) is 5.56 Å². The molecule has 0 bridgehead atoms. The van der Waals surface area contributed by atoms with Gasteiger partial charge in [0.05, 0.1) is 0 Å². The second kappa shape index (κ2) is 4.98. The van der Waals surface area contributed by atoms with Crippen molar-refractivity contribution in [2.24, 2.45) is 0 Å². The van der Waals surface area contributed by atoms with Crippen molar-refractivity contribution in [3.8, 4) is 12.3 Å². The molecular formula is C10H11N3O3. The van der Waals surface area contributed by atoms with Crippen LogP contribution >= 0.6 is 0 Å². The number of carbonyl (C=O) groups is 1. The highest BCUT2D eigenvalue weighted by molar-refractivity contribution is 5.93. The zero-order valence-electron chi connectivity index (χ0n) is 8.66. The first-order valence-electron chi connectivity index (χ1n) is 4.61. The number of rotatable bonds is 3. The molecular weight excluding hydrogens is 210 g/mol. The van der Waals surface area contributed by atoms with Crippen LogP contribution in [0, 0.1) is 12.3 Å². The second-order valence-electron chi connectivity index (χ2n) is 3.27. The zero-order valence-corrected chi connectivity index (χ0v) is 8.66. The predicted octanol–water partition coefficient (Wildman–Crippen LogP) is -0.795. The van der Waals surface area contributed by atoms with Gasteiger partial charge in [0.2, 0.25) is 0 Å². The Hall–Kier alpha value is -2.29. The van der Waals surface area contributed by atoms with E-state index in [9.17, 15) is 14.4 Å². The van der Waals surface area contributed by atoms with E-state index in [-0.39, 0.29) is 11.6 Å². The molecule has 0 aliphatic carbocycles. The molecule has 0 saturated carbocycles. The fraction of sp³-hybridized carbons (Fsp3) is 0.300. The van der Waals surface area contributed by atoms with Gasteiger partial charge in [-0.05, 0) is 6.92 Å². The summed E-state index contributed by atoms with van der Waals surface area (Å²) in [6, 6.07) is -0.233. The molecule has 0 aliphatic heterocycles. The van der Waals surface area contributed by atoms with E-state index < -0.39 is 17.2 Å². The predicted molar refractivity (Wildman–Crippen MR) is 58.1 cm³/mol. The molecule has 0 spiro atoms. The van der Waals surface area contributed by atoms with Crippen molar-refractivity contribution in [2.45, 2.75) is 19.4 Å². The number of carbonyl (C=O) groups excluding carboxylic acids is 1. The van der Waals surface area contributed by atoms with Gasteiger partial charge >= 0.3 is 5.69 Å². The summed E-state index contributed by atoms with van der Waals surface area (Å²) >= 11 is 0. The topological polar surface area (TPSA) is 94.8 Å². The SMILES string of the molecule is C#CCC(C)NC(=O)c1c[nH]c(=O)[nH]c1=O. The maximum absolute atomic E-state index is 11.5. The average Bonchev–Trinajstić information content (AvgIpc) is 2.17. The second-order valence-corrected chi connectivity index (χ2v) is 3.27. The van der Waals surface area contributed by atoms with E-state index in [0.717, 1.165) is 6.20 Å². The Morgan fingerprint density at radius 3 is 2.88 bits per heavy atom. The first-order chi connectivity index (χ1) is 7.54. The lowest BCUT2D eigenvalue weighted by atomic mass is 10.2. The number of nitrogens with one attached hydrogen (secondary N) is 3. The minimum Gasteiger partial charge on any atom is -0.348 e. The van der Waals surface area contributed by atoms with E-state index >= 15 is 0 Å². The van der Waals surface area contributed by atoms with Crippen LogP contribution < -0.4 is 16.6 Å². The Kier molecular flexibility index (Phi) is 3.67. The maximum Gasteiger partial charge on any atom is 0.325 e. The molecule has 84 valence electrons. The molecule has 6 nitrogen and oxygen atoms in total. The summed E-state index contributed by atoms with van der Waals surface area (Å²) in [6.07, 6.45) is 6.51. The monoisotopic (exact) mass is 221 g/mol. The smallest absolute Gasteiger partial charge is 0.325 e. The molecule has 1 unspecified atom stereocenters. The number of hydrogen-bond donors (Lipinski definition) is 3. The zero-order chi connectivity index (χ0) is 12.1. The summed E-state index contributed by atoms with van der Waals surface area (Å²) in [7, 11) is 0. The van der Waals surface area contributed by atoms with Crippen LogP contribution in [-0.4, -0.2) is 21.9 Å². The largest absolute Gasteiger partial charge is 0.348 e. The van der Waals surface area contributed by atoms with Crippen LogP contribution in [0.4, 0.5) is 0 Å². The van der Waals surface area contributed by atoms with Crippen LogP contribution in [0.2, 0.25) is 0 Å². The molecule has 0 radical (unpaired) electrons. The number of hydrogen-bond acceptors (Lipinski definition) is 3. The molecule has 1 heterocycles. The van der Waals surface area contributed by atoms with Gasteiger partial charge in [-0.25, -0.2) is 4.79 Å². The minimum atomic E-state index is -0.728. The van der Waals surface area contributed by atoms with E-state index in [2.05, 4.69) is 16.2 Å². The van der Waals surface area contributed by atoms with Crippen LogP contribution in [0.5, 0.6) is 0 Å². The number of aromatic nitrogens is 2. The average molecular weight is 221 g/mol. The number of aromatic amines is 2. The van der Waals surface area contributed by atoms with Crippen molar-refractivity contribution in [1.82, 2.24) is 15.3 Å². The van der Waals surface area contributed by atoms with Gasteiger partial charge in [-0.15, -0.1) is 12.3 Å². The van der Waals surface area contributed by atoms with Crippen molar-refractivity contribution in [2.75, 3.05) is 0 Å². The van der Waals surface area contributed by atoms with Gasteiger partial charge in [0.25, 0.3) is 11.5 Å². The van der Waals surface area contributed by atoms with Crippen LogP contribution in [0.15, 0.2) is 15.8 Å². The summed E-state index contributed by atoms with van der Waals surface area (Å²) in [6.45, 7) is 1.72. The third-order valence-electron chi connectivity index (χ3n) is 1.87. The molecule has 3 N–H and O–H groups in total. The van der Waals surface area contributed by atoms with Crippen molar-refractivity contribution in [3.05, 3.63) is 32.6 Å². The van der Waals surface area contributed by atoms with Gasteiger partial charge in [-0.1, -0.05) is 0 Å². The number of terminal acetylenes is 1. The number of amides is 1. The molecule has 0 aliphatic rings. The van der Waals surface area contributed by atoms with E-state index in [1.807, 2.05) is 4.98 Å². The van der Waals surface area contributed by atoms with Crippen LogP contribution in [0.1, 0.15) is 23.7 Å². The summed E-state index contributed by atoms with van der Waals surface area (Å²) < 4.78 is 0. The Morgan fingerprint density at radius 2 is 2.31 bits per heavy atom. The standard InChI is InChI=1S/C10H11N3O3/c1-3-4-6(2)12-8(14)7-5-11-10(16)13-9(7)15/h1,5-6H,4H2,2H3,(H,12,14)(H2,11,13,15,16). The molecule has 1 rings (SSSR count). The molecule has 1 aromatic heterocycles. The van der Waals surface area contributed by atoms with E-state index in [1.54, 1.807) is 6.92 Å². The van der Waals surface area contributed by atoms with Crippen molar-refractivity contribution >= 4 is 5.91 Å². The van der Waals surface area contributed by atoms with Gasteiger partial charge in [0.15, 0.2) is 0 Å². The first kappa shape index (κ1) is 11.8. The lowest BCUT2D eigenvalue weighted by Gasteiger charge is -2.09. The molecule has 16 heavy (non-hydrogen) atoms. The number of H-pyrrole nitrogens is 2. The fourth-order valence-electron chi connectivity index (χ4n) is 1.11. The highest BCUT2D eigenvalue weighted by Crippen LogP contribution is 1.91. The molecule has 0 fully saturated rings. The summed E-state index contributed by atoms with van der Waals surface area (Å²) in [4.78, 5) is 37.7. The minimum absolute atomic E-state index is 0.150. The summed E-state index contributed by atoms with van der Waals surface area (Å²) in [5.41, 5.74) is -1.53. The lowest BCUT2D eigenvalue weighted by Crippen LogP contribution is -2.37. The van der Waals surface area contributed by atoms with Gasteiger partial charge in [0, 0.05) is 18.7 Å². The van der Waals surface area contributed by atoms with Crippen molar-refractivity contribution < 1.29 is 4.79 Å². The van der Waals surface area contributed by atoms with Gasteiger partial charge < -0.3 is 10.3 Å². The lowest BCUT2D eigenvalue weighted by molar-refractivity contribution is 0.0939. The normalized spacial score (nSPS) is 11.5. The maximum atomic E-state index is 11.5. The Morgan fingerprint density at radius 1 is 1.62 bits per heavy atom. The molecule has 1 atom stereocenters. The van der Waals surface area contributed by atoms with Crippen molar-refractivity contribution in [1.29, 1.82) is 0 Å². The molecule has 1 aromatic rings. The van der Waals surface area contributed by atoms with E-state index in [1.165, 1.54) is 0 Å². The Labute approximate surface area is 91.1 Å². The van der Waals surface area contributed by atoms with Crippen LogP contribution in [0.25, 0.3) is 0 Å². The Bertz CT molecular complexity index is 535. The van der Waals surface area contributed by atoms with Crippen molar-refractivity contribution in [3.63, 3.8) is 0 Å². The fourth-order valence-corrected chi connectivity index (χ4v) is 1.11. The quantitative estimate of drug-likeness (QED) is 0.583. The summed E-state index contributed by atoms with van der Waals surface area (Å²) in [5, 5.41) is 2.53. The van der Waals surface area contributed by atoms with Crippen LogP contribution in [-0.2, 0) is 0 Å². The Balaban J connectivity index is 2.86. The third kappa shape index (κ3) is 2.85. The third-order valence-corrected chi connectivity index (χ3v) is 1.87. The molecule has 0 saturated heterocycles. The molecule has 0 aromatic carbocycles. The van der Waals surface area contributed by atoms with E-state index in [4.69, 9.17) is 6.42 Å². The molecule has 1 amide bonds. The molecule has 6 heteroatoms. The highest BCUT2D eigenvalue weighted by Gasteiger charge is 2.12. The first-order valence-corrected chi connectivity index (χ1v) is 4.61.